The van der Waals surface area contributed by atoms with Crippen LogP contribution in [0.4, 0.5) is 0 Å². The maximum Gasteiger partial charge on any atom is 0.236 e. The van der Waals surface area contributed by atoms with Crippen molar-refractivity contribution in [1.29, 1.82) is 0 Å². The van der Waals surface area contributed by atoms with E-state index in [0.717, 1.165) is 11.1 Å². The van der Waals surface area contributed by atoms with E-state index < -0.39 is 5.41 Å². The Bertz CT molecular complexity index is 521. The van der Waals surface area contributed by atoms with E-state index in [-0.39, 0.29) is 30.8 Å². The molecule has 1 unspecified atom stereocenters. The lowest BCUT2D eigenvalue weighted by molar-refractivity contribution is -0.142. The summed E-state index contributed by atoms with van der Waals surface area (Å²) in [6.07, 6.45) is 0.290. The van der Waals surface area contributed by atoms with E-state index in [1.807, 2.05) is 45.0 Å². The molecule has 0 saturated carbocycles. The summed E-state index contributed by atoms with van der Waals surface area (Å²) < 4.78 is 0. The van der Waals surface area contributed by atoms with Crippen molar-refractivity contribution in [2.45, 2.75) is 40.3 Å². The van der Waals surface area contributed by atoms with Crippen LogP contribution in [0.3, 0.4) is 0 Å². The molecule has 1 aliphatic heterocycles. The number of aliphatic hydroxyl groups excluding tert-OH is 1. The number of hydrogen-bond acceptors (Lipinski definition) is 3. The first kappa shape index (κ1) is 14.7. The first-order chi connectivity index (χ1) is 9.38. The summed E-state index contributed by atoms with van der Waals surface area (Å²) in [6.45, 7) is 6.13. The quantitative estimate of drug-likeness (QED) is 0.856. The molecule has 4 nitrogen and oxygen atoms in total. The van der Waals surface area contributed by atoms with Crippen LogP contribution in [-0.4, -0.2) is 21.8 Å². The van der Waals surface area contributed by atoms with Gasteiger partial charge >= 0.3 is 0 Å². The summed E-state index contributed by atoms with van der Waals surface area (Å²) >= 11 is 0. The lowest BCUT2D eigenvalue weighted by atomic mass is 9.78. The number of carbonyl (C=O) groups excluding carboxylic acids is 2. The summed E-state index contributed by atoms with van der Waals surface area (Å²) in [7, 11) is 0. The molecule has 108 valence electrons. The number of nitrogens with zero attached hydrogens (tertiary/aromatic N) is 1. The number of imide groups is 1. The van der Waals surface area contributed by atoms with Crippen molar-refractivity contribution < 1.29 is 14.7 Å². The van der Waals surface area contributed by atoms with Crippen LogP contribution in [0.1, 0.15) is 38.3 Å². The summed E-state index contributed by atoms with van der Waals surface area (Å²) in [5.74, 6) is -0.0399. The molecular formula is C16H21NO3. The average molecular weight is 275 g/mol. The third-order valence-corrected chi connectivity index (χ3v) is 4.37. The lowest BCUT2D eigenvalue weighted by Gasteiger charge is -2.26. The van der Waals surface area contributed by atoms with Gasteiger partial charge in [0.25, 0.3) is 0 Å². The van der Waals surface area contributed by atoms with Crippen LogP contribution in [0, 0.1) is 11.3 Å². The van der Waals surface area contributed by atoms with Gasteiger partial charge in [-0.2, -0.15) is 0 Å². The van der Waals surface area contributed by atoms with Gasteiger partial charge in [-0.15, -0.1) is 0 Å². The highest BCUT2D eigenvalue weighted by molar-refractivity contribution is 6.05. The van der Waals surface area contributed by atoms with Crippen LogP contribution in [-0.2, 0) is 22.7 Å². The maximum atomic E-state index is 12.5. The standard InChI is InChI=1S/C16H21NO3/c1-11(2)16(3)8-14(19)17(15(16)20)9-12-4-6-13(10-18)7-5-12/h4-7,11,18H,8-10H2,1-3H3. The minimum atomic E-state index is -0.581. The van der Waals surface area contributed by atoms with Gasteiger partial charge in [0.1, 0.15) is 0 Å². The molecule has 0 aromatic heterocycles. The smallest absolute Gasteiger partial charge is 0.236 e. The molecule has 1 aromatic rings. The van der Waals surface area contributed by atoms with Gasteiger partial charge in [0.2, 0.25) is 11.8 Å². The molecule has 1 aromatic carbocycles. The summed E-state index contributed by atoms with van der Waals surface area (Å²) in [5.41, 5.74) is 1.14. The zero-order valence-electron chi connectivity index (χ0n) is 12.2. The van der Waals surface area contributed by atoms with Crippen molar-refractivity contribution in [1.82, 2.24) is 4.90 Å². The van der Waals surface area contributed by atoms with Gasteiger partial charge in [0.15, 0.2) is 0 Å². The number of rotatable bonds is 4. The molecule has 1 saturated heterocycles. The van der Waals surface area contributed by atoms with E-state index in [4.69, 9.17) is 5.11 Å². The SMILES string of the molecule is CC(C)C1(C)CC(=O)N(Cc2ccc(CO)cc2)C1=O. The number of amides is 2. The Labute approximate surface area is 119 Å². The second kappa shape index (κ2) is 5.37. The van der Waals surface area contributed by atoms with E-state index in [9.17, 15) is 9.59 Å². The van der Waals surface area contributed by atoms with Crippen molar-refractivity contribution in [2.24, 2.45) is 11.3 Å². The Morgan fingerprint density at radius 2 is 1.75 bits per heavy atom. The van der Waals surface area contributed by atoms with Crippen LogP contribution in [0.25, 0.3) is 0 Å². The zero-order chi connectivity index (χ0) is 14.9. The van der Waals surface area contributed by atoms with Crippen molar-refractivity contribution in [2.75, 3.05) is 0 Å². The largest absolute Gasteiger partial charge is 0.392 e. The van der Waals surface area contributed by atoms with Gasteiger partial charge in [0, 0.05) is 6.42 Å². The minimum Gasteiger partial charge on any atom is -0.392 e. The zero-order valence-corrected chi connectivity index (χ0v) is 12.2. The third-order valence-electron chi connectivity index (χ3n) is 4.37. The minimum absolute atomic E-state index is 0.00667. The highest BCUT2D eigenvalue weighted by Gasteiger charge is 2.49. The van der Waals surface area contributed by atoms with Crippen molar-refractivity contribution >= 4 is 11.8 Å². The molecular weight excluding hydrogens is 254 g/mol. The molecule has 0 bridgehead atoms. The Morgan fingerprint density at radius 3 is 2.20 bits per heavy atom. The molecule has 1 N–H and O–H groups in total. The summed E-state index contributed by atoms with van der Waals surface area (Å²) in [4.78, 5) is 25.9. The van der Waals surface area contributed by atoms with Crippen LogP contribution in [0.15, 0.2) is 24.3 Å². The Hall–Kier alpha value is -1.68. The van der Waals surface area contributed by atoms with Crippen molar-refractivity contribution in [3.8, 4) is 0 Å². The monoisotopic (exact) mass is 275 g/mol. The molecule has 4 heteroatoms. The van der Waals surface area contributed by atoms with Gasteiger partial charge in [-0.25, -0.2) is 0 Å². The first-order valence-corrected chi connectivity index (χ1v) is 6.92. The van der Waals surface area contributed by atoms with Gasteiger partial charge in [0.05, 0.1) is 18.6 Å². The van der Waals surface area contributed by atoms with Crippen LogP contribution in [0.5, 0.6) is 0 Å². The molecule has 0 spiro atoms. The molecule has 1 aliphatic rings. The third kappa shape index (κ3) is 2.48. The predicted octanol–water partition coefficient (Wildman–Crippen LogP) is 2.10. The fourth-order valence-corrected chi connectivity index (χ4v) is 2.45. The van der Waals surface area contributed by atoms with Crippen LogP contribution in [0.2, 0.25) is 0 Å². The van der Waals surface area contributed by atoms with Gasteiger partial charge in [-0.1, -0.05) is 38.1 Å². The van der Waals surface area contributed by atoms with E-state index in [1.54, 1.807) is 0 Å². The molecule has 2 rings (SSSR count). The fraction of sp³-hybridized carbons (Fsp3) is 0.500. The summed E-state index contributed by atoms with van der Waals surface area (Å²) in [6, 6.07) is 7.30. The Morgan fingerprint density at radius 1 is 1.20 bits per heavy atom. The Kier molecular flexibility index (Phi) is 3.95. The molecule has 1 fully saturated rings. The second-order valence-electron chi connectivity index (χ2n) is 6.01. The number of likely N-dealkylation sites (tertiary alicyclic amines) is 1. The molecule has 20 heavy (non-hydrogen) atoms. The van der Waals surface area contributed by atoms with Crippen LogP contribution >= 0.6 is 0 Å². The van der Waals surface area contributed by atoms with Gasteiger partial charge in [-0.05, 0) is 24.0 Å². The number of hydrogen-bond donors (Lipinski definition) is 1. The van der Waals surface area contributed by atoms with E-state index in [1.165, 1.54) is 4.90 Å². The van der Waals surface area contributed by atoms with Crippen molar-refractivity contribution in [3.63, 3.8) is 0 Å². The molecule has 0 radical (unpaired) electrons. The molecule has 0 aliphatic carbocycles. The van der Waals surface area contributed by atoms with Gasteiger partial charge in [-0.3, -0.25) is 14.5 Å². The topological polar surface area (TPSA) is 57.6 Å². The van der Waals surface area contributed by atoms with E-state index in [2.05, 4.69) is 0 Å². The fourth-order valence-electron chi connectivity index (χ4n) is 2.45. The lowest BCUT2D eigenvalue weighted by Crippen LogP contribution is -2.36. The Balaban J connectivity index is 2.17. The highest BCUT2D eigenvalue weighted by Crippen LogP contribution is 2.39. The highest BCUT2D eigenvalue weighted by atomic mass is 16.3. The number of carbonyl (C=O) groups is 2. The van der Waals surface area contributed by atoms with E-state index >= 15 is 0 Å². The second-order valence-corrected chi connectivity index (χ2v) is 6.01. The van der Waals surface area contributed by atoms with Gasteiger partial charge < -0.3 is 5.11 Å². The maximum absolute atomic E-state index is 12.5. The summed E-state index contributed by atoms with van der Waals surface area (Å²) in [5, 5.41) is 9.01. The first-order valence-electron chi connectivity index (χ1n) is 6.92. The normalized spacial score (nSPS) is 22.9. The average Bonchev–Trinajstić information content (AvgIpc) is 2.64. The molecule has 1 atom stereocenters. The van der Waals surface area contributed by atoms with E-state index in [0.29, 0.717) is 6.54 Å². The number of aliphatic hydroxyl groups is 1. The van der Waals surface area contributed by atoms with Crippen LogP contribution < -0.4 is 0 Å². The number of benzene rings is 1. The molecule has 1 heterocycles. The molecule has 2 amide bonds. The van der Waals surface area contributed by atoms with Crippen molar-refractivity contribution in [3.05, 3.63) is 35.4 Å². The predicted molar refractivity (Wildman–Crippen MR) is 75.5 cm³/mol.